The fraction of sp³-hybridized carbons (Fsp3) is 0.714. The van der Waals surface area contributed by atoms with Crippen LogP contribution >= 0.6 is 47.8 Å². The average Bonchev–Trinajstić information content (AvgIpc) is 2.44. The maximum absolute atomic E-state index is 12.0. The topological polar surface area (TPSA) is 64.8 Å². The molecule has 0 radical (unpaired) electrons. The highest BCUT2D eigenvalue weighted by atomic mass is 80.0. The van der Waals surface area contributed by atoms with E-state index >= 15 is 0 Å². The molecule has 0 bridgehead atoms. The summed E-state index contributed by atoms with van der Waals surface area (Å²) >= 11 is 8.94. The number of nitrogens with zero attached hydrogens (tertiary/aromatic N) is 3. The highest BCUT2D eigenvalue weighted by molar-refractivity contribution is 9.42. The van der Waals surface area contributed by atoms with Crippen molar-refractivity contribution in [2.24, 2.45) is 7.05 Å². The second kappa shape index (κ2) is 4.66. The van der Waals surface area contributed by atoms with Crippen LogP contribution in [0.15, 0.2) is 5.16 Å². The molecular weight excluding hydrogens is 430 g/mol. The van der Waals surface area contributed by atoms with Gasteiger partial charge in [0.15, 0.2) is 0 Å². The van der Waals surface area contributed by atoms with Gasteiger partial charge in [-0.15, -0.1) is 10.2 Å². The van der Waals surface area contributed by atoms with Crippen LogP contribution in [0.25, 0.3) is 0 Å². The summed E-state index contributed by atoms with van der Waals surface area (Å²) in [6.45, 7) is 3.84. The van der Waals surface area contributed by atoms with Crippen LogP contribution in [0.2, 0.25) is 0 Å². The van der Waals surface area contributed by atoms with Gasteiger partial charge in [0.05, 0.1) is 0 Å². The lowest BCUT2D eigenvalue weighted by atomic mass is 10.2. The predicted octanol–water partition coefficient (Wildman–Crippen LogP) is 2.51. The highest BCUT2D eigenvalue weighted by Crippen LogP contribution is 2.42. The summed E-state index contributed by atoms with van der Waals surface area (Å²) in [5.41, 5.74) is 0. The third kappa shape index (κ3) is 2.51. The van der Waals surface area contributed by atoms with Crippen LogP contribution in [0, 0.1) is 0 Å². The molecule has 0 aliphatic rings. The summed E-state index contributed by atoms with van der Waals surface area (Å²) in [4.78, 5) is 0. The van der Waals surface area contributed by atoms with Gasteiger partial charge in [0.25, 0.3) is 5.16 Å². The molecule has 92 valence electrons. The monoisotopic (exact) mass is 437 g/mol. The first kappa shape index (κ1) is 14.6. The summed E-state index contributed by atoms with van der Waals surface area (Å²) in [6, 6.07) is 0. The molecule has 0 saturated carbocycles. The molecule has 1 rings (SSSR count). The van der Waals surface area contributed by atoms with Crippen LogP contribution in [0.1, 0.15) is 25.6 Å². The zero-order chi connectivity index (χ0) is 12.7. The Labute approximate surface area is 119 Å². The summed E-state index contributed by atoms with van der Waals surface area (Å²) in [5, 5.41) is 7.48. The Morgan fingerprint density at radius 3 is 2.06 bits per heavy atom. The summed E-state index contributed by atoms with van der Waals surface area (Å²) in [5.74, 6) is 0.729. The van der Waals surface area contributed by atoms with Crippen molar-refractivity contribution < 1.29 is 8.42 Å². The fourth-order valence-electron chi connectivity index (χ4n) is 1.17. The fourth-order valence-corrected chi connectivity index (χ4v) is 3.28. The SMILES string of the molecule is CC(C)c1nnc(S(=O)(=O)C(Br)(Br)Br)n1C. The molecule has 0 aromatic carbocycles. The van der Waals surface area contributed by atoms with Gasteiger partial charge in [0.2, 0.25) is 11.3 Å². The van der Waals surface area contributed by atoms with E-state index in [2.05, 4.69) is 58.0 Å². The van der Waals surface area contributed by atoms with E-state index in [9.17, 15) is 8.42 Å². The van der Waals surface area contributed by atoms with Crippen molar-refractivity contribution in [3.63, 3.8) is 0 Å². The molecule has 0 aliphatic heterocycles. The van der Waals surface area contributed by atoms with Crippen molar-refractivity contribution in [1.29, 1.82) is 0 Å². The van der Waals surface area contributed by atoms with Crippen molar-refractivity contribution >= 4 is 57.6 Å². The van der Waals surface area contributed by atoms with E-state index in [0.29, 0.717) is 5.82 Å². The van der Waals surface area contributed by atoms with E-state index in [1.165, 1.54) is 4.57 Å². The van der Waals surface area contributed by atoms with E-state index < -0.39 is 11.3 Å². The molecule has 5 nitrogen and oxygen atoms in total. The van der Waals surface area contributed by atoms with Crippen LogP contribution in [0.4, 0.5) is 0 Å². The van der Waals surface area contributed by atoms with E-state index in [1.807, 2.05) is 13.8 Å². The minimum atomic E-state index is -3.68. The molecule has 16 heavy (non-hydrogen) atoms. The molecule has 0 N–H and O–H groups in total. The number of hydrogen-bond acceptors (Lipinski definition) is 4. The number of alkyl halides is 3. The van der Waals surface area contributed by atoms with Crippen molar-refractivity contribution in [2.45, 2.75) is 26.4 Å². The van der Waals surface area contributed by atoms with Gasteiger partial charge in [-0.05, 0) is 47.8 Å². The highest BCUT2D eigenvalue weighted by Gasteiger charge is 2.41. The van der Waals surface area contributed by atoms with Gasteiger partial charge >= 0.3 is 0 Å². The first-order valence-electron chi connectivity index (χ1n) is 4.29. The minimum absolute atomic E-state index is 0.0955. The zero-order valence-electron chi connectivity index (χ0n) is 8.78. The molecule has 1 heterocycles. The Balaban J connectivity index is 3.38. The maximum Gasteiger partial charge on any atom is 0.252 e. The van der Waals surface area contributed by atoms with Crippen LogP contribution < -0.4 is 0 Å². The van der Waals surface area contributed by atoms with E-state index in [0.717, 1.165) is 0 Å². The Kier molecular flexibility index (Phi) is 4.25. The molecule has 0 aliphatic carbocycles. The number of sulfone groups is 1. The lowest BCUT2D eigenvalue weighted by Crippen LogP contribution is -2.22. The first-order chi connectivity index (χ1) is 7.09. The van der Waals surface area contributed by atoms with Gasteiger partial charge < -0.3 is 4.57 Å². The van der Waals surface area contributed by atoms with Crippen LogP contribution in [0.5, 0.6) is 0 Å². The van der Waals surface area contributed by atoms with Crippen molar-refractivity contribution in [2.75, 3.05) is 0 Å². The quantitative estimate of drug-likeness (QED) is 0.664. The number of rotatable bonds is 2. The number of hydrogen-bond donors (Lipinski definition) is 0. The molecule has 0 unspecified atom stereocenters. The maximum atomic E-state index is 12.0. The largest absolute Gasteiger partial charge is 0.305 e. The van der Waals surface area contributed by atoms with Crippen LogP contribution in [0.3, 0.4) is 0 Å². The van der Waals surface area contributed by atoms with Crippen LogP contribution in [-0.2, 0) is 16.9 Å². The Morgan fingerprint density at radius 2 is 1.75 bits per heavy atom. The predicted molar refractivity (Wildman–Crippen MR) is 71.8 cm³/mol. The van der Waals surface area contributed by atoms with E-state index in [-0.39, 0.29) is 11.1 Å². The molecule has 0 saturated heterocycles. The van der Waals surface area contributed by atoms with Crippen LogP contribution in [-0.4, -0.2) is 24.7 Å². The average molecular weight is 440 g/mol. The smallest absolute Gasteiger partial charge is 0.252 e. The Bertz CT molecular complexity index is 489. The normalized spacial score (nSPS) is 13.4. The summed E-state index contributed by atoms with van der Waals surface area (Å²) in [6.07, 6.45) is 0. The van der Waals surface area contributed by atoms with Gasteiger partial charge in [0.1, 0.15) is 5.82 Å². The number of halogens is 3. The zero-order valence-corrected chi connectivity index (χ0v) is 14.4. The molecule has 0 atom stereocenters. The van der Waals surface area contributed by atoms with Gasteiger partial charge in [-0.25, -0.2) is 8.42 Å². The van der Waals surface area contributed by atoms with Crippen molar-refractivity contribution in [1.82, 2.24) is 14.8 Å². The molecular formula is C7H10Br3N3O2S. The third-order valence-electron chi connectivity index (χ3n) is 1.93. The van der Waals surface area contributed by atoms with Gasteiger partial charge in [0, 0.05) is 13.0 Å². The van der Waals surface area contributed by atoms with Gasteiger partial charge in [-0.2, -0.15) is 0 Å². The van der Waals surface area contributed by atoms with Gasteiger partial charge in [-0.3, -0.25) is 0 Å². The molecule has 0 amide bonds. The Morgan fingerprint density at radius 1 is 1.25 bits per heavy atom. The van der Waals surface area contributed by atoms with Crippen molar-refractivity contribution in [3.8, 4) is 0 Å². The second-order valence-corrected chi connectivity index (χ2v) is 13.8. The lowest BCUT2D eigenvalue weighted by Gasteiger charge is -2.13. The number of aromatic nitrogens is 3. The Hall–Kier alpha value is 0.530. The van der Waals surface area contributed by atoms with Gasteiger partial charge in [-0.1, -0.05) is 13.8 Å². The molecule has 0 fully saturated rings. The second-order valence-electron chi connectivity index (χ2n) is 3.50. The van der Waals surface area contributed by atoms with E-state index in [1.54, 1.807) is 7.05 Å². The molecule has 1 aromatic rings. The molecule has 0 spiro atoms. The third-order valence-corrected chi connectivity index (χ3v) is 7.21. The minimum Gasteiger partial charge on any atom is -0.305 e. The van der Waals surface area contributed by atoms with E-state index in [4.69, 9.17) is 0 Å². The summed E-state index contributed by atoms with van der Waals surface area (Å²) < 4.78 is 24.1. The first-order valence-corrected chi connectivity index (χ1v) is 8.16. The summed E-state index contributed by atoms with van der Waals surface area (Å²) in [7, 11) is -2.05. The molecule has 9 heteroatoms. The van der Waals surface area contributed by atoms with Crippen molar-refractivity contribution in [3.05, 3.63) is 5.82 Å². The lowest BCUT2D eigenvalue weighted by molar-refractivity contribution is 0.577. The standard InChI is InChI=1S/C7H10Br3N3O2S/c1-4(2)5-11-12-6(13(5)3)16(14,15)7(8,9)10/h4H,1-3H3. The molecule has 1 aromatic heterocycles.